The number of ether oxygens (including phenoxy) is 1. The lowest BCUT2D eigenvalue weighted by Gasteiger charge is -2.73. The number of aliphatic hydroxyl groups excluding tert-OH is 1. The van der Waals surface area contributed by atoms with Gasteiger partial charge in [-0.2, -0.15) is 0 Å². The summed E-state index contributed by atoms with van der Waals surface area (Å²) in [6.07, 6.45) is 15.6. The van der Waals surface area contributed by atoms with Crippen LogP contribution in [0.25, 0.3) is 6.08 Å². The highest BCUT2D eigenvalue weighted by Crippen LogP contribution is 2.78. The number of fused-ring (bicyclic) bond motifs is 5. The quantitative estimate of drug-likeness (QED) is 0.403. The first kappa shape index (κ1) is 25.9. The van der Waals surface area contributed by atoms with E-state index in [1.54, 1.807) is 6.26 Å². The summed E-state index contributed by atoms with van der Waals surface area (Å²) in [5.41, 5.74) is 2.69. The van der Waals surface area contributed by atoms with Gasteiger partial charge in [0, 0.05) is 0 Å². The van der Waals surface area contributed by atoms with Gasteiger partial charge < -0.3 is 14.3 Å². The second-order valence-corrected chi connectivity index (χ2v) is 16.9. The monoisotopic (exact) mass is 520 g/mol. The van der Waals surface area contributed by atoms with Gasteiger partial charge in [-0.3, -0.25) is 0 Å². The molecule has 38 heavy (non-hydrogen) atoms. The summed E-state index contributed by atoms with van der Waals surface area (Å²) in [4.78, 5) is 0. The molecule has 1 saturated heterocycles. The molecule has 1 aromatic rings. The zero-order chi connectivity index (χ0) is 26.9. The van der Waals surface area contributed by atoms with E-state index in [9.17, 15) is 5.11 Å². The lowest BCUT2D eigenvalue weighted by molar-refractivity contribution is -0.245. The summed E-state index contributed by atoms with van der Waals surface area (Å²) in [6.45, 7) is 18.7. The Hall–Kier alpha value is -1.06. The third-order valence-corrected chi connectivity index (χ3v) is 14.8. The molecule has 2 bridgehead atoms. The third-order valence-electron chi connectivity index (χ3n) is 14.8. The van der Waals surface area contributed by atoms with Crippen molar-refractivity contribution >= 4 is 6.08 Å². The molecule has 5 saturated carbocycles. The number of hydrogen-bond donors (Lipinski definition) is 1. The van der Waals surface area contributed by atoms with Crippen LogP contribution in [-0.2, 0) is 4.74 Å². The van der Waals surface area contributed by atoms with Crippen LogP contribution in [0.3, 0.4) is 0 Å². The van der Waals surface area contributed by atoms with Gasteiger partial charge in [0.15, 0.2) is 0 Å². The van der Waals surface area contributed by atoms with Crippen LogP contribution in [0.15, 0.2) is 28.4 Å². The first-order valence-corrected chi connectivity index (χ1v) is 15.8. The summed E-state index contributed by atoms with van der Waals surface area (Å²) in [7, 11) is 0. The lowest BCUT2D eigenvalue weighted by Crippen LogP contribution is -2.68. The fourth-order valence-electron chi connectivity index (χ4n) is 12.7. The number of aliphatic hydroxyl groups is 1. The van der Waals surface area contributed by atoms with E-state index in [-0.39, 0.29) is 10.8 Å². The Bertz CT molecular complexity index is 1130. The van der Waals surface area contributed by atoms with Crippen LogP contribution in [0.2, 0.25) is 0 Å². The van der Waals surface area contributed by atoms with Crippen molar-refractivity contribution < 1.29 is 14.3 Å². The zero-order valence-corrected chi connectivity index (χ0v) is 25.1. The molecular formula is C35H52O3. The van der Waals surface area contributed by atoms with Crippen LogP contribution >= 0.6 is 0 Å². The van der Waals surface area contributed by atoms with Crippen molar-refractivity contribution in [2.24, 2.45) is 56.2 Å². The molecule has 210 valence electrons. The maximum atomic E-state index is 11.7. The number of rotatable bonds is 1. The summed E-state index contributed by atoms with van der Waals surface area (Å²) >= 11 is 0. The molecule has 1 aliphatic heterocycles. The van der Waals surface area contributed by atoms with Crippen LogP contribution in [0, 0.1) is 56.2 Å². The first-order valence-electron chi connectivity index (χ1n) is 15.8. The normalized spacial score (nSPS) is 53.5. The van der Waals surface area contributed by atoms with E-state index < -0.39 is 6.10 Å². The van der Waals surface area contributed by atoms with Crippen molar-refractivity contribution in [2.45, 2.75) is 118 Å². The standard InChI is InChI=1S/C35H52O3/c1-30(2)14-16-35-17-15-33(6)24(27(35)29(30)38-21-35)10-11-26-32(5)20-22(19-23-9-8-18-37-23)28(36)31(3,4)25(32)12-13-34(26,33)7/h8-9,18-19,24-29,36H,10-17,20-21H2,1-7H3/b22-19+/t24?,25?,26?,27?,28-,29-,32-,33+,34+,35+/m0/s1. The van der Waals surface area contributed by atoms with Crippen molar-refractivity contribution in [3.8, 4) is 0 Å². The fraction of sp³-hybridized carbons (Fsp3) is 0.829. The van der Waals surface area contributed by atoms with E-state index in [0.717, 1.165) is 30.6 Å². The van der Waals surface area contributed by atoms with Gasteiger partial charge in [-0.05, 0) is 138 Å². The average Bonchev–Trinajstić information content (AvgIpc) is 3.47. The SMILES string of the molecule is CC1(C)CC[C@]23CC[C@]4(C)C(CCC5[C@@]6(C)C/C(=C\c7ccco7)[C@H](O)C(C)(C)C6CC[C@]54C)C2[C@@H]1OC3. The van der Waals surface area contributed by atoms with Crippen LogP contribution in [0.5, 0.6) is 0 Å². The Morgan fingerprint density at radius 3 is 2.37 bits per heavy atom. The predicted molar refractivity (Wildman–Crippen MR) is 152 cm³/mol. The van der Waals surface area contributed by atoms with Gasteiger partial charge in [-0.25, -0.2) is 0 Å². The van der Waals surface area contributed by atoms with E-state index >= 15 is 0 Å². The van der Waals surface area contributed by atoms with Crippen molar-refractivity contribution in [3.63, 3.8) is 0 Å². The van der Waals surface area contributed by atoms with Crippen molar-refractivity contribution in [3.05, 3.63) is 29.7 Å². The minimum absolute atomic E-state index is 0.137. The third kappa shape index (κ3) is 3.05. The van der Waals surface area contributed by atoms with Gasteiger partial charge in [0.05, 0.1) is 25.1 Å². The molecule has 1 N–H and O–H groups in total. The zero-order valence-electron chi connectivity index (χ0n) is 25.1. The minimum Gasteiger partial charge on any atom is -0.465 e. The second-order valence-electron chi connectivity index (χ2n) is 16.9. The lowest BCUT2D eigenvalue weighted by atomic mass is 9.31. The summed E-state index contributed by atoms with van der Waals surface area (Å²) in [5, 5.41) is 11.7. The molecule has 1 aromatic heterocycles. The fourth-order valence-corrected chi connectivity index (χ4v) is 12.7. The maximum Gasteiger partial charge on any atom is 0.126 e. The summed E-state index contributed by atoms with van der Waals surface area (Å²) in [6, 6.07) is 3.98. The summed E-state index contributed by atoms with van der Waals surface area (Å²) in [5.74, 6) is 3.63. The molecule has 6 aliphatic rings. The molecule has 4 unspecified atom stereocenters. The Morgan fingerprint density at radius 2 is 1.63 bits per heavy atom. The van der Waals surface area contributed by atoms with Gasteiger partial charge >= 0.3 is 0 Å². The first-order chi connectivity index (χ1) is 17.8. The average molecular weight is 521 g/mol. The molecular weight excluding hydrogens is 468 g/mol. The molecule has 0 radical (unpaired) electrons. The van der Waals surface area contributed by atoms with Crippen LogP contribution in [-0.4, -0.2) is 23.9 Å². The highest BCUT2D eigenvalue weighted by atomic mass is 16.5. The van der Waals surface area contributed by atoms with E-state index in [1.165, 1.54) is 56.9 Å². The Balaban J connectivity index is 1.28. The maximum absolute atomic E-state index is 11.7. The largest absolute Gasteiger partial charge is 0.465 e. The Kier molecular flexibility index (Phi) is 5.32. The van der Waals surface area contributed by atoms with E-state index in [4.69, 9.17) is 9.15 Å². The van der Waals surface area contributed by atoms with Gasteiger partial charge in [-0.15, -0.1) is 0 Å². The van der Waals surface area contributed by atoms with Gasteiger partial charge in [0.25, 0.3) is 0 Å². The summed E-state index contributed by atoms with van der Waals surface area (Å²) < 4.78 is 12.5. The Labute approximate surface area is 231 Å². The van der Waals surface area contributed by atoms with Gasteiger partial charge in [-0.1, -0.05) is 48.5 Å². The smallest absolute Gasteiger partial charge is 0.126 e. The van der Waals surface area contributed by atoms with Gasteiger partial charge in [0.2, 0.25) is 0 Å². The highest BCUT2D eigenvalue weighted by Gasteiger charge is 2.73. The van der Waals surface area contributed by atoms with Crippen molar-refractivity contribution in [1.82, 2.24) is 0 Å². The van der Waals surface area contributed by atoms with Crippen LogP contribution in [0.4, 0.5) is 0 Å². The molecule has 10 atom stereocenters. The van der Waals surface area contributed by atoms with E-state index in [1.807, 2.05) is 12.1 Å². The predicted octanol–water partition coefficient (Wildman–Crippen LogP) is 8.52. The topological polar surface area (TPSA) is 42.6 Å². The molecule has 0 amide bonds. The van der Waals surface area contributed by atoms with E-state index in [2.05, 4.69) is 54.5 Å². The van der Waals surface area contributed by atoms with Crippen molar-refractivity contribution in [1.29, 1.82) is 0 Å². The Morgan fingerprint density at radius 1 is 0.868 bits per heavy atom. The molecule has 7 rings (SSSR count). The van der Waals surface area contributed by atoms with Crippen molar-refractivity contribution in [2.75, 3.05) is 6.61 Å². The van der Waals surface area contributed by atoms with Gasteiger partial charge in [0.1, 0.15) is 5.76 Å². The number of furan rings is 1. The molecule has 0 aromatic carbocycles. The van der Waals surface area contributed by atoms with Crippen LogP contribution in [0.1, 0.15) is 112 Å². The molecule has 3 nitrogen and oxygen atoms in total. The minimum atomic E-state index is -0.409. The molecule has 0 spiro atoms. The van der Waals surface area contributed by atoms with E-state index in [0.29, 0.717) is 39.6 Å². The molecule has 2 heterocycles. The molecule has 3 heteroatoms. The highest BCUT2D eigenvalue weighted by molar-refractivity contribution is 5.50. The number of hydrogen-bond acceptors (Lipinski definition) is 3. The van der Waals surface area contributed by atoms with Crippen LogP contribution < -0.4 is 0 Å². The second kappa shape index (κ2) is 7.81. The molecule has 5 aliphatic carbocycles. The molecule has 6 fully saturated rings.